The highest BCUT2D eigenvalue weighted by atomic mass is 35.5. The lowest BCUT2D eigenvalue weighted by Gasteiger charge is -2.33. The van der Waals surface area contributed by atoms with Gasteiger partial charge in [-0.15, -0.1) is 0 Å². The number of halogens is 2. The van der Waals surface area contributed by atoms with Crippen molar-refractivity contribution in [2.45, 2.75) is 25.0 Å². The van der Waals surface area contributed by atoms with Gasteiger partial charge in [0.15, 0.2) is 6.10 Å². The van der Waals surface area contributed by atoms with Crippen LogP contribution in [0.3, 0.4) is 0 Å². The number of rotatable bonds is 3. The van der Waals surface area contributed by atoms with Crippen molar-refractivity contribution >= 4 is 34.9 Å². The first-order chi connectivity index (χ1) is 9.63. The summed E-state index contributed by atoms with van der Waals surface area (Å²) >= 11 is 12.0. The van der Waals surface area contributed by atoms with Crippen molar-refractivity contribution in [1.82, 2.24) is 10.3 Å². The first-order valence-corrected chi connectivity index (χ1v) is 7.37. The molecule has 0 spiro atoms. The Labute approximate surface area is 127 Å². The predicted octanol–water partition coefficient (Wildman–Crippen LogP) is 1.87. The number of nitrogens with zero attached hydrogens (tertiary/aromatic N) is 2. The largest absolute Gasteiger partial charge is 0.365 e. The van der Waals surface area contributed by atoms with Gasteiger partial charge >= 0.3 is 0 Å². The molecule has 2 heterocycles. The summed E-state index contributed by atoms with van der Waals surface area (Å²) in [4.78, 5) is 18.2. The standard InChI is InChI=1S/C13H15Cl2N3O2/c14-8-5-10(15)12(16-6-8)18-3-4-20-11(7-18)13(19)17-9-1-2-9/h5-6,9,11H,1-4,7H2,(H,17,19). The molecule has 3 rings (SSSR count). The van der Waals surface area contributed by atoms with Crippen LogP contribution in [0.1, 0.15) is 12.8 Å². The number of amides is 1. The molecule has 1 amide bonds. The zero-order chi connectivity index (χ0) is 14.1. The zero-order valence-corrected chi connectivity index (χ0v) is 12.3. The molecule has 2 aliphatic rings. The summed E-state index contributed by atoms with van der Waals surface area (Å²) in [6.07, 6.45) is 3.20. The maximum absolute atomic E-state index is 12.0. The summed E-state index contributed by atoms with van der Waals surface area (Å²) in [6.45, 7) is 1.58. The lowest BCUT2D eigenvalue weighted by molar-refractivity contribution is -0.133. The molecule has 0 radical (unpaired) electrons. The first kappa shape index (κ1) is 13.9. The van der Waals surface area contributed by atoms with Crippen LogP contribution in [0.25, 0.3) is 0 Å². The smallest absolute Gasteiger partial charge is 0.251 e. The van der Waals surface area contributed by atoms with Crippen molar-refractivity contribution in [1.29, 1.82) is 0 Å². The monoisotopic (exact) mass is 315 g/mol. The Morgan fingerprint density at radius 3 is 2.95 bits per heavy atom. The van der Waals surface area contributed by atoms with Crippen molar-refractivity contribution in [2.24, 2.45) is 0 Å². The number of ether oxygens (including phenoxy) is 1. The highest BCUT2D eigenvalue weighted by molar-refractivity contribution is 6.36. The number of aromatic nitrogens is 1. The average Bonchev–Trinajstić information content (AvgIpc) is 3.23. The average molecular weight is 316 g/mol. The van der Waals surface area contributed by atoms with Gasteiger partial charge in [0.25, 0.3) is 5.91 Å². The number of carbonyl (C=O) groups is 1. The van der Waals surface area contributed by atoms with E-state index in [2.05, 4.69) is 10.3 Å². The maximum Gasteiger partial charge on any atom is 0.251 e. The molecule has 1 aromatic heterocycles. The minimum Gasteiger partial charge on any atom is -0.365 e. The van der Waals surface area contributed by atoms with Gasteiger partial charge in [0.2, 0.25) is 0 Å². The number of hydrogen-bond acceptors (Lipinski definition) is 4. The molecule has 1 aliphatic carbocycles. The molecule has 1 saturated carbocycles. The third-order valence-corrected chi connectivity index (χ3v) is 3.86. The van der Waals surface area contributed by atoms with Crippen LogP contribution in [0.4, 0.5) is 5.82 Å². The van der Waals surface area contributed by atoms with Crippen LogP contribution in [-0.4, -0.2) is 42.7 Å². The summed E-state index contributed by atoms with van der Waals surface area (Å²) in [5.74, 6) is 0.589. The van der Waals surface area contributed by atoms with E-state index in [-0.39, 0.29) is 5.91 Å². The van der Waals surface area contributed by atoms with Crippen LogP contribution in [0.5, 0.6) is 0 Å². The molecule has 1 unspecified atom stereocenters. The van der Waals surface area contributed by atoms with Crippen molar-refractivity contribution in [3.05, 3.63) is 22.3 Å². The molecular weight excluding hydrogens is 301 g/mol. The molecule has 1 aromatic rings. The van der Waals surface area contributed by atoms with E-state index in [1.54, 1.807) is 12.3 Å². The number of pyridine rings is 1. The van der Waals surface area contributed by atoms with Gasteiger partial charge in [-0.1, -0.05) is 23.2 Å². The lowest BCUT2D eigenvalue weighted by Crippen LogP contribution is -2.50. The van der Waals surface area contributed by atoms with E-state index in [1.807, 2.05) is 4.90 Å². The molecule has 1 aliphatic heterocycles. The molecule has 20 heavy (non-hydrogen) atoms. The molecule has 0 bridgehead atoms. The number of carbonyl (C=O) groups excluding carboxylic acids is 1. The van der Waals surface area contributed by atoms with Crippen molar-refractivity contribution in [3.63, 3.8) is 0 Å². The van der Waals surface area contributed by atoms with Crippen LogP contribution in [0.2, 0.25) is 10.0 Å². The van der Waals surface area contributed by atoms with E-state index in [0.29, 0.717) is 41.6 Å². The van der Waals surface area contributed by atoms with Gasteiger partial charge in [0, 0.05) is 18.8 Å². The van der Waals surface area contributed by atoms with E-state index >= 15 is 0 Å². The number of morpholine rings is 1. The minimum absolute atomic E-state index is 0.0534. The molecule has 1 saturated heterocycles. The Balaban J connectivity index is 1.69. The second-order valence-electron chi connectivity index (χ2n) is 5.05. The van der Waals surface area contributed by atoms with Gasteiger partial charge in [0.05, 0.1) is 23.2 Å². The fourth-order valence-corrected chi connectivity index (χ4v) is 2.66. The van der Waals surface area contributed by atoms with Gasteiger partial charge in [-0.2, -0.15) is 0 Å². The van der Waals surface area contributed by atoms with Gasteiger partial charge in [0.1, 0.15) is 5.82 Å². The highest BCUT2D eigenvalue weighted by Gasteiger charge is 2.32. The zero-order valence-electron chi connectivity index (χ0n) is 10.8. The summed E-state index contributed by atoms with van der Waals surface area (Å²) in [5.41, 5.74) is 0. The lowest BCUT2D eigenvalue weighted by atomic mass is 10.2. The second kappa shape index (κ2) is 5.76. The molecule has 7 heteroatoms. The molecule has 2 fully saturated rings. The Kier molecular flexibility index (Phi) is 4.01. The Hall–Kier alpha value is -1.04. The third kappa shape index (κ3) is 3.16. The molecule has 108 valence electrons. The van der Waals surface area contributed by atoms with E-state index < -0.39 is 6.10 Å². The Bertz CT molecular complexity index is 522. The van der Waals surface area contributed by atoms with Gasteiger partial charge in [-0.3, -0.25) is 4.79 Å². The topological polar surface area (TPSA) is 54.5 Å². The SMILES string of the molecule is O=C(NC1CC1)C1CN(c2ncc(Cl)cc2Cl)CCO1. The van der Waals surface area contributed by atoms with E-state index in [0.717, 1.165) is 12.8 Å². The van der Waals surface area contributed by atoms with Gasteiger partial charge < -0.3 is 15.0 Å². The molecule has 1 atom stereocenters. The number of hydrogen-bond donors (Lipinski definition) is 1. The van der Waals surface area contributed by atoms with Crippen LogP contribution in [-0.2, 0) is 9.53 Å². The van der Waals surface area contributed by atoms with Crippen LogP contribution in [0.15, 0.2) is 12.3 Å². The Morgan fingerprint density at radius 1 is 1.45 bits per heavy atom. The molecule has 1 N–H and O–H groups in total. The van der Waals surface area contributed by atoms with Crippen molar-refractivity contribution in [2.75, 3.05) is 24.6 Å². The normalized spacial score (nSPS) is 22.7. The molecular formula is C13H15Cl2N3O2. The van der Waals surface area contributed by atoms with E-state index in [4.69, 9.17) is 27.9 Å². The summed E-state index contributed by atoms with van der Waals surface area (Å²) < 4.78 is 5.53. The number of nitrogens with one attached hydrogen (secondary N) is 1. The third-order valence-electron chi connectivity index (χ3n) is 3.37. The van der Waals surface area contributed by atoms with Gasteiger partial charge in [-0.05, 0) is 18.9 Å². The van der Waals surface area contributed by atoms with Crippen LogP contribution in [0, 0.1) is 0 Å². The molecule has 0 aromatic carbocycles. The molecule has 5 nitrogen and oxygen atoms in total. The predicted molar refractivity (Wildman–Crippen MR) is 77.4 cm³/mol. The van der Waals surface area contributed by atoms with E-state index in [1.165, 1.54) is 0 Å². The fourth-order valence-electron chi connectivity index (χ4n) is 2.16. The highest BCUT2D eigenvalue weighted by Crippen LogP contribution is 2.27. The maximum atomic E-state index is 12.0. The van der Waals surface area contributed by atoms with Crippen molar-refractivity contribution < 1.29 is 9.53 Å². The first-order valence-electron chi connectivity index (χ1n) is 6.61. The second-order valence-corrected chi connectivity index (χ2v) is 5.89. The van der Waals surface area contributed by atoms with Crippen molar-refractivity contribution in [3.8, 4) is 0 Å². The summed E-state index contributed by atoms with van der Waals surface area (Å²) in [7, 11) is 0. The van der Waals surface area contributed by atoms with Gasteiger partial charge in [-0.25, -0.2) is 4.98 Å². The Morgan fingerprint density at radius 2 is 2.25 bits per heavy atom. The quantitative estimate of drug-likeness (QED) is 0.925. The van der Waals surface area contributed by atoms with E-state index in [9.17, 15) is 4.79 Å². The fraction of sp³-hybridized carbons (Fsp3) is 0.538. The van der Waals surface area contributed by atoms with Crippen LogP contribution < -0.4 is 10.2 Å². The van der Waals surface area contributed by atoms with Crippen LogP contribution >= 0.6 is 23.2 Å². The minimum atomic E-state index is -0.474. The summed E-state index contributed by atoms with van der Waals surface area (Å²) in [6, 6.07) is 1.99. The summed E-state index contributed by atoms with van der Waals surface area (Å²) in [5, 5.41) is 3.94. The number of anilines is 1.